The maximum atomic E-state index is 13.6. The van der Waals surface area contributed by atoms with Crippen LogP contribution >= 0.6 is 23.4 Å². The molecule has 0 aliphatic rings. The molecule has 4 aromatic rings. The van der Waals surface area contributed by atoms with Crippen molar-refractivity contribution in [1.29, 1.82) is 5.26 Å². The molecular weight excluding hydrogens is 516 g/mol. The van der Waals surface area contributed by atoms with Gasteiger partial charge in [0, 0.05) is 22.0 Å². The smallest absolute Gasteiger partial charge is 0.258 e. The molecule has 0 fully saturated rings. The molecule has 1 aromatic heterocycles. The summed E-state index contributed by atoms with van der Waals surface area (Å²) < 4.78 is 0. The first-order valence-electron chi connectivity index (χ1n) is 11.8. The van der Waals surface area contributed by atoms with E-state index in [1.165, 1.54) is 0 Å². The molecule has 0 aliphatic carbocycles. The molecule has 3 aromatic carbocycles. The van der Waals surface area contributed by atoms with Gasteiger partial charge in [0.1, 0.15) is 11.1 Å². The Kier molecular flexibility index (Phi) is 8.47. The fourth-order valence-corrected chi connectivity index (χ4v) is 4.96. The Labute approximate surface area is 231 Å². The summed E-state index contributed by atoms with van der Waals surface area (Å²) in [5.41, 5.74) is 5.32. The molecule has 1 heterocycles. The van der Waals surface area contributed by atoms with E-state index in [0.717, 1.165) is 28.6 Å². The largest absolute Gasteiger partial charge is 0.325 e. The van der Waals surface area contributed by atoms with Gasteiger partial charge in [0.2, 0.25) is 5.91 Å². The fourth-order valence-electron chi connectivity index (χ4n) is 4.00. The van der Waals surface area contributed by atoms with Crippen molar-refractivity contribution in [2.45, 2.75) is 25.8 Å². The number of nitrogens with one attached hydrogen (secondary N) is 2. The summed E-state index contributed by atoms with van der Waals surface area (Å²) in [6.07, 6.45) is 0. The molecule has 8 heteroatoms. The van der Waals surface area contributed by atoms with Gasteiger partial charge < -0.3 is 10.6 Å². The second-order valence-corrected chi connectivity index (χ2v) is 10.1. The number of anilines is 2. The topological polar surface area (TPSA) is 94.9 Å². The summed E-state index contributed by atoms with van der Waals surface area (Å²) in [4.78, 5) is 30.9. The second-order valence-electron chi connectivity index (χ2n) is 8.67. The van der Waals surface area contributed by atoms with Gasteiger partial charge in [-0.2, -0.15) is 5.26 Å². The fraction of sp³-hybridized carbons (Fsp3) is 0.133. The predicted molar refractivity (Wildman–Crippen MR) is 154 cm³/mol. The SMILES string of the molecule is Cc1ccccc1NC(=O)CSc1nc(C)c(C(=O)Nc2ccccc2C)c(-c2ccc(Cl)cc2)c1C#N. The number of rotatable bonds is 7. The lowest BCUT2D eigenvalue weighted by Gasteiger charge is -2.18. The van der Waals surface area contributed by atoms with E-state index in [4.69, 9.17) is 11.6 Å². The van der Waals surface area contributed by atoms with Gasteiger partial charge in [0.15, 0.2) is 0 Å². The number of hydrogen-bond acceptors (Lipinski definition) is 5. The molecule has 0 atom stereocenters. The van der Waals surface area contributed by atoms with Crippen molar-refractivity contribution in [2.24, 2.45) is 0 Å². The van der Waals surface area contributed by atoms with Crippen molar-refractivity contribution < 1.29 is 9.59 Å². The van der Waals surface area contributed by atoms with E-state index in [0.29, 0.717) is 38.1 Å². The molecule has 0 unspecified atom stereocenters. The lowest BCUT2D eigenvalue weighted by Crippen LogP contribution is -2.18. The van der Waals surface area contributed by atoms with E-state index in [-0.39, 0.29) is 23.1 Å². The molecule has 2 N–H and O–H groups in total. The van der Waals surface area contributed by atoms with E-state index < -0.39 is 0 Å². The Balaban J connectivity index is 1.72. The van der Waals surface area contributed by atoms with Gasteiger partial charge in [0.25, 0.3) is 5.91 Å². The Hall–Kier alpha value is -4.12. The zero-order valence-corrected chi connectivity index (χ0v) is 22.7. The van der Waals surface area contributed by atoms with Crippen LogP contribution in [-0.2, 0) is 4.79 Å². The lowest BCUT2D eigenvalue weighted by molar-refractivity contribution is -0.113. The lowest BCUT2D eigenvalue weighted by atomic mass is 9.94. The zero-order chi connectivity index (χ0) is 27.2. The molecule has 2 amide bonds. The van der Waals surface area contributed by atoms with Crippen LogP contribution in [0.1, 0.15) is 32.7 Å². The van der Waals surface area contributed by atoms with Crippen molar-refractivity contribution >= 4 is 46.6 Å². The molecule has 6 nitrogen and oxygen atoms in total. The normalized spacial score (nSPS) is 10.5. The molecule has 0 saturated carbocycles. The molecule has 0 aliphatic heterocycles. The van der Waals surface area contributed by atoms with Crippen LogP contribution in [0.3, 0.4) is 0 Å². The summed E-state index contributed by atoms with van der Waals surface area (Å²) in [5.74, 6) is -0.550. The average molecular weight is 541 g/mol. The number of para-hydroxylation sites is 2. The maximum Gasteiger partial charge on any atom is 0.258 e. The molecular formula is C30H25ClN4O2S. The number of amides is 2. The summed E-state index contributed by atoms with van der Waals surface area (Å²) >= 11 is 7.27. The monoisotopic (exact) mass is 540 g/mol. The molecule has 0 saturated heterocycles. The van der Waals surface area contributed by atoms with Gasteiger partial charge in [-0.1, -0.05) is 71.9 Å². The highest BCUT2D eigenvalue weighted by atomic mass is 35.5. The maximum absolute atomic E-state index is 13.6. The minimum absolute atomic E-state index is 0.0459. The van der Waals surface area contributed by atoms with E-state index in [1.807, 2.05) is 62.4 Å². The van der Waals surface area contributed by atoms with E-state index >= 15 is 0 Å². The third kappa shape index (κ3) is 6.05. The number of aromatic nitrogens is 1. The van der Waals surface area contributed by atoms with Crippen LogP contribution in [0.5, 0.6) is 0 Å². The molecule has 0 bridgehead atoms. The molecule has 0 spiro atoms. The third-order valence-electron chi connectivity index (χ3n) is 5.97. The van der Waals surface area contributed by atoms with Gasteiger partial charge in [-0.25, -0.2) is 4.98 Å². The minimum atomic E-state index is -0.375. The van der Waals surface area contributed by atoms with Crippen molar-refractivity contribution in [3.05, 3.63) is 106 Å². The number of aryl methyl sites for hydroxylation is 3. The van der Waals surface area contributed by atoms with E-state index in [2.05, 4.69) is 21.7 Å². The number of thioether (sulfide) groups is 1. The van der Waals surface area contributed by atoms with Crippen LogP contribution in [0.25, 0.3) is 11.1 Å². The Morgan fingerprint density at radius 3 is 2.05 bits per heavy atom. The van der Waals surface area contributed by atoms with Gasteiger partial charge in [0.05, 0.1) is 22.6 Å². The highest BCUT2D eigenvalue weighted by molar-refractivity contribution is 8.00. The van der Waals surface area contributed by atoms with Crippen LogP contribution in [0.15, 0.2) is 77.8 Å². The molecule has 38 heavy (non-hydrogen) atoms. The number of nitriles is 1. The van der Waals surface area contributed by atoms with Crippen LogP contribution < -0.4 is 10.6 Å². The summed E-state index contributed by atoms with van der Waals surface area (Å²) in [5, 5.41) is 17.0. The third-order valence-corrected chi connectivity index (χ3v) is 7.20. The van der Waals surface area contributed by atoms with Crippen molar-refractivity contribution in [1.82, 2.24) is 4.98 Å². The van der Waals surface area contributed by atoms with Gasteiger partial charge in [-0.05, 0) is 61.7 Å². The highest BCUT2D eigenvalue weighted by Gasteiger charge is 2.25. The molecule has 0 radical (unpaired) electrons. The first kappa shape index (κ1) is 26.9. The van der Waals surface area contributed by atoms with E-state index in [9.17, 15) is 14.9 Å². The van der Waals surface area contributed by atoms with Crippen LogP contribution in [0.2, 0.25) is 5.02 Å². The Bertz CT molecular complexity index is 1560. The number of halogens is 1. The molecule has 4 rings (SSSR count). The number of carbonyl (C=O) groups is 2. The average Bonchev–Trinajstić information content (AvgIpc) is 2.90. The van der Waals surface area contributed by atoms with Crippen LogP contribution in [0.4, 0.5) is 11.4 Å². The van der Waals surface area contributed by atoms with Crippen LogP contribution in [-0.4, -0.2) is 22.6 Å². The van der Waals surface area contributed by atoms with Crippen LogP contribution in [0, 0.1) is 32.1 Å². The van der Waals surface area contributed by atoms with Gasteiger partial charge in [-0.3, -0.25) is 9.59 Å². The minimum Gasteiger partial charge on any atom is -0.325 e. The summed E-state index contributed by atoms with van der Waals surface area (Å²) in [7, 11) is 0. The Morgan fingerprint density at radius 2 is 1.47 bits per heavy atom. The van der Waals surface area contributed by atoms with Gasteiger partial charge in [-0.15, -0.1) is 0 Å². The van der Waals surface area contributed by atoms with Crippen molar-refractivity contribution in [3.8, 4) is 17.2 Å². The summed E-state index contributed by atoms with van der Waals surface area (Å²) in [6.45, 7) is 5.55. The first-order chi connectivity index (χ1) is 18.3. The standard InChI is InChI=1S/C30H25ClN4O2S/c1-18-8-4-6-10-24(18)34-26(36)17-38-30-23(16-32)28(21-12-14-22(31)15-13-21)27(20(3)33-30)29(37)35-25-11-7-5-9-19(25)2/h4-15H,17H2,1-3H3,(H,34,36)(H,35,37). The highest BCUT2D eigenvalue weighted by Crippen LogP contribution is 2.36. The number of benzene rings is 3. The summed E-state index contributed by atoms with van der Waals surface area (Å²) in [6, 6.07) is 24.2. The van der Waals surface area contributed by atoms with E-state index in [1.54, 1.807) is 31.2 Å². The first-order valence-corrected chi connectivity index (χ1v) is 13.2. The Morgan fingerprint density at radius 1 is 0.895 bits per heavy atom. The zero-order valence-electron chi connectivity index (χ0n) is 21.1. The van der Waals surface area contributed by atoms with Crippen molar-refractivity contribution in [2.75, 3.05) is 16.4 Å². The quantitative estimate of drug-likeness (QED) is 0.242. The number of nitrogens with zero attached hydrogens (tertiary/aromatic N) is 2. The van der Waals surface area contributed by atoms with Gasteiger partial charge >= 0.3 is 0 Å². The second kappa shape index (κ2) is 12.0. The number of carbonyl (C=O) groups excluding carboxylic acids is 2. The number of hydrogen-bond donors (Lipinski definition) is 2. The number of pyridine rings is 1. The molecule has 190 valence electrons. The predicted octanol–water partition coefficient (Wildman–Crippen LogP) is 7.18. The van der Waals surface area contributed by atoms with Crippen molar-refractivity contribution in [3.63, 3.8) is 0 Å².